The van der Waals surface area contributed by atoms with Crippen molar-refractivity contribution in [2.75, 3.05) is 12.4 Å². The van der Waals surface area contributed by atoms with E-state index in [2.05, 4.69) is 10.4 Å². The Hall–Kier alpha value is -3.62. The summed E-state index contributed by atoms with van der Waals surface area (Å²) in [4.78, 5) is 24.4. The Morgan fingerprint density at radius 1 is 1.09 bits per heavy atom. The normalized spacial score (nSPS) is 11.3. The molecule has 0 aliphatic heterocycles. The number of hydrogen-bond donors (Lipinski definition) is 1. The molecule has 0 fully saturated rings. The molecule has 0 saturated heterocycles. The number of carbonyl (C=O) groups is 1. The second-order valence-electron chi connectivity index (χ2n) is 7.21. The molecule has 0 bridgehead atoms. The molecule has 0 spiro atoms. The number of nitrogens with one attached hydrogen (secondary N) is 1. The van der Waals surface area contributed by atoms with Gasteiger partial charge in [-0.25, -0.2) is 4.68 Å². The van der Waals surface area contributed by atoms with E-state index in [0.717, 1.165) is 29.3 Å². The molecule has 9 heteroatoms. The first-order valence-electron chi connectivity index (χ1n) is 9.87. The number of alkyl halides is 3. The minimum absolute atomic E-state index is 0.0116. The molecular formula is C23H22F3N3O3. The number of aryl methyl sites for hydroxylation is 2. The van der Waals surface area contributed by atoms with E-state index in [1.807, 2.05) is 31.2 Å². The summed E-state index contributed by atoms with van der Waals surface area (Å²) in [6.07, 6.45) is -4.28. The first-order valence-corrected chi connectivity index (χ1v) is 9.87. The molecule has 32 heavy (non-hydrogen) atoms. The molecule has 1 N–H and O–H groups in total. The van der Waals surface area contributed by atoms with Gasteiger partial charge in [0.1, 0.15) is 5.75 Å². The van der Waals surface area contributed by atoms with Crippen LogP contribution in [0.4, 0.5) is 18.9 Å². The van der Waals surface area contributed by atoms with Crippen molar-refractivity contribution < 1.29 is 22.7 Å². The number of nitrogens with zero attached hydrogens (tertiary/aromatic N) is 2. The van der Waals surface area contributed by atoms with Crippen LogP contribution < -0.4 is 15.6 Å². The van der Waals surface area contributed by atoms with Gasteiger partial charge in [0.05, 0.1) is 24.1 Å². The molecule has 3 aromatic rings. The van der Waals surface area contributed by atoms with Crippen molar-refractivity contribution in [3.05, 3.63) is 76.1 Å². The van der Waals surface area contributed by atoms with Crippen LogP contribution in [0.5, 0.6) is 5.75 Å². The second-order valence-corrected chi connectivity index (χ2v) is 7.21. The van der Waals surface area contributed by atoms with Gasteiger partial charge in [0.2, 0.25) is 5.91 Å². The zero-order valence-corrected chi connectivity index (χ0v) is 17.6. The van der Waals surface area contributed by atoms with E-state index in [9.17, 15) is 22.8 Å². The van der Waals surface area contributed by atoms with Crippen LogP contribution in [0.2, 0.25) is 0 Å². The van der Waals surface area contributed by atoms with Gasteiger partial charge >= 0.3 is 6.18 Å². The lowest BCUT2D eigenvalue weighted by atomic mass is 10.1. The average Bonchev–Trinajstić information content (AvgIpc) is 2.75. The van der Waals surface area contributed by atoms with E-state index in [0.29, 0.717) is 5.69 Å². The molecule has 0 radical (unpaired) electrons. The van der Waals surface area contributed by atoms with Crippen LogP contribution in [-0.2, 0) is 17.5 Å². The third-order valence-electron chi connectivity index (χ3n) is 4.79. The van der Waals surface area contributed by atoms with Crippen LogP contribution in [0.25, 0.3) is 11.3 Å². The van der Waals surface area contributed by atoms with Gasteiger partial charge in [-0.3, -0.25) is 9.59 Å². The lowest BCUT2D eigenvalue weighted by Crippen LogP contribution is -2.23. The Bertz CT molecular complexity index is 1160. The molecule has 1 aromatic heterocycles. The highest BCUT2D eigenvalue weighted by molar-refractivity contribution is 5.92. The van der Waals surface area contributed by atoms with Gasteiger partial charge in [-0.2, -0.15) is 18.3 Å². The van der Waals surface area contributed by atoms with Crippen molar-refractivity contribution >= 4 is 11.6 Å². The largest absolute Gasteiger partial charge is 0.495 e. The molecule has 2 aromatic carbocycles. The van der Waals surface area contributed by atoms with E-state index in [1.165, 1.54) is 17.9 Å². The number of amides is 1. The van der Waals surface area contributed by atoms with Gasteiger partial charge < -0.3 is 10.1 Å². The Morgan fingerprint density at radius 3 is 2.47 bits per heavy atom. The van der Waals surface area contributed by atoms with Crippen LogP contribution in [0.3, 0.4) is 0 Å². The number of anilines is 1. The Morgan fingerprint density at radius 2 is 1.81 bits per heavy atom. The Labute approximate surface area is 182 Å². The maximum atomic E-state index is 13.0. The van der Waals surface area contributed by atoms with Crippen LogP contribution in [0, 0.1) is 6.92 Å². The minimum Gasteiger partial charge on any atom is -0.495 e. The molecule has 0 aliphatic rings. The van der Waals surface area contributed by atoms with Crippen molar-refractivity contribution in [3.8, 4) is 17.0 Å². The summed E-state index contributed by atoms with van der Waals surface area (Å²) in [5.41, 5.74) is 1.33. The van der Waals surface area contributed by atoms with Gasteiger partial charge in [-0.05, 0) is 37.6 Å². The van der Waals surface area contributed by atoms with Gasteiger partial charge in [-0.1, -0.05) is 29.8 Å². The lowest BCUT2D eigenvalue weighted by Gasteiger charge is -2.14. The summed E-state index contributed by atoms with van der Waals surface area (Å²) < 4.78 is 45.2. The summed E-state index contributed by atoms with van der Waals surface area (Å²) >= 11 is 0. The zero-order chi connectivity index (χ0) is 23.3. The third-order valence-corrected chi connectivity index (χ3v) is 4.79. The molecule has 3 rings (SSSR count). The van der Waals surface area contributed by atoms with Crippen LogP contribution in [0.15, 0.2) is 59.4 Å². The maximum absolute atomic E-state index is 13.0. The fourth-order valence-corrected chi connectivity index (χ4v) is 3.07. The maximum Gasteiger partial charge on any atom is 0.416 e. The van der Waals surface area contributed by atoms with Crippen LogP contribution in [-0.4, -0.2) is 22.8 Å². The molecule has 168 valence electrons. The zero-order valence-electron chi connectivity index (χ0n) is 17.6. The highest BCUT2D eigenvalue weighted by Gasteiger charge is 2.31. The third kappa shape index (κ3) is 5.75. The minimum atomic E-state index is -4.54. The molecule has 0 unspecified atom stereocenters. The number of benzene rings is 2. The molecular weight excluding hydrogens is 423 g/mol. The molecule has 0 atom stereocenters. The number of aromatic nitrogens is 2. The molecule has 1 amide bonds. The van der Waals surface area contributed by atoms with Gasteiger partial charge in [0.25, 0.3) is 5.56 Å². The van der Waals surface area contributed by atoms with E-state index in [4.69, 9.17) is 4.74 Å². The van der Waals surface area contributed by atoms with Crippen LogP contribution in [0.1, 0.15) is 24.0 Å². The number of rotatable bonds is 7. The molecule has 1 heterocycles. The monoisotopic (exact) mass is 445 g/mol. The quantitative estimate of drug-likeness (QED) is 0.574. The van der Waals surface area contributed by atoms with E-state index in [1.54, 1.807) is 6.07 Å². The number of ether oxygens (including phenoxy) is 1. The SMILES string of the molecule is COc1ccc(C(F)(F)F)cc1NC(=O)CCCn1nc(-c2ccc(C)cc2)ccc1=O. The van der Waals surface area contributed by atoms with E-state index >= 15 is 0 Å². The first-order chi connectivity index (χ1) is 15.2. The summed E-state index contributed by atoms with van der Waals surface area (Å²) in [6.45, 7) is 2.16. The van der Waals surface area contributed by atoms with Crippen LogP contribution >= 0.6 is 0 Å². The predicted molar refractivity (Wildman–Crippen MR) is 115 cm³/mol. The Kier molecular flexibility index (Phi) is 6.97. The number of halogens is 3. The van der Waals surface area contributed by atoms with Crippen molar-refractivity contribution in [3.63, 3.8) is 0 Å². The predicted octanol–water partition coefficient (Wildman–Crippen LogP) is 4.67. The summed E-state index contributed by atoms with van der Waals surface area (Å²) in [5.74, 6) is -0.375. The fraction of sp³-hybridized carbons (Fsp3) is 0.261. The summed E-state index contributed by atoms with van der Waals surface area (Å²) in [7, 11) is 1.30. The highest BCUT2D eigenvalue weighted by Crippen LogP contribution is 2.35. The lowest BCUT2D eigenvalue weighted by molar-refractivity contribution is -0.137. The molecule has 0 aliphatic carbocycles. The summed E-state index contributed by atoms with van der Waals surface area (Å²) in [6, 6.07) is 13.6. The van der Waals surface area contributed by atoms with E-state index < -0.39 is 17.6 Å². The van der Waals surface area contributed by atoms with Crippen molar-refractivity contribution in [1.82, 2.24) is 9.78 Å². The fourth-order valence-electron chi connectivity index (χ4n) is 3.07. The first kappa shape index (κ1) is 23.1. The molecule has 0 saturated carbocycles. The van der Waals surface area contributed by atoms with Gasteiger partial charge in [0.15, 0.2) is 0 Å². The smallest absolute Gasteiger partial charge is 0.416 e. The standard InChI is InChI=1S/C23H22F3N3O3/c1-15-5-7-16(8-6-15)18-10-12-22(31)29(28-18)13-3-4-21(30)27-19-14-17(23(24,25)26)9-11-20(19)32-2/h5-12,14H,3-4,13H2,1-2H3,(H,27,30). The number of carbonyl (C=O) groups excluding carboxylic acids is 1. The van der Waals surface area contributed by atoms with Crippen molar-refractivity contribution in [1.29, 1.82) is 0 Å². The van der Waals surface area contributed by atoms with Gasteiger partial charge in [0, 0.05) is 24.6 Å². The van der Waals surface area contributed by atoms with Gasteiger partial charge in [-0.15, -0.1) is 0 Å². The summed E-state index contributed by atoms with van der Waals surface area (Å²) in [5, 5.41) is 6.79. The van der Waals surface area contributed by atoms with Crippen molar-refractivity contribution in [2.45, 2.75) is 32.5 Å². The second kappa shape index (κ2) is 9.67. The molecule has 6 nitrogen and oxygen atoms in total. The Balaban J connectivity index is 1.65. The average molecular weight is 445 g/mol. The topological polar surface area (TPSA) is 73.2 Å². The number of hydrogen-bond acceptors (Lipinski definition) is 4. The van der Waals surface area contributed by atoms with E-state index in [-0.39, 0.29) is 36.4 Å². The number of methoxy groups -OCH3 is 1. The van der Waals surface area contributed by atoms with Crippen molar-refractivity contribution in [2.24, 2.45) is 0 Å². The highest BCUT2D eigenvalue weighted by atomic mass is 19.4.